The zero-order chi connectivity index (χ0) is 15.8. The molecule has 0 unspecified atom stereocenters. The number of alkyl halides is 2. The molecule has 1 aromatic heterocycles. The van der Waals surface area contributed by atoms with Crippen LogP contribution in [0.1, 0.15) is 48.1 Å². The molecule has 0 atom stereocenters. The molecule has 0 aliphatic carbocycles. The van der Waals surface area contributed by atoms with Gasteiger partial charge >= 0.3 is 5.97 Å². The van der Waals surface area contributed by atoms with Gasteiger partial charge in [-0.3, -0.25) is 0 Å². The summed E-state index contributed by atoms with van der Waals surface area (Å²) in [6, 6.07) is 5.74. The zero-order valence-electron chi connectivity index (χ0n) is 11.9. The Kier molecular flexibility index (Phi) is 4.09. The van der Waals surface area contributed by atoms with E-state index in [1.54, 1.807) is 12.1 Å². The molecule has 0 amide bonds. The molecule has 1 aromatic carbocycles. The predicted octanol–water partition coefficient (Wildman–Crippen LogP) is 4.74. The van der Waals surface area contributed by atoms with Crippen LogP contribution in [0.25, 0.3) is 10.6 Å². The third-order valence-electron chi connectivity index (χ3n) is 2.94. The fourth-order valence-corrected chi connectivity index (χ4v) is 2.99. The number of nitrogens with zero attached hydrogens (tertiary/aromatic N) is 1. The van der Waals surface area contributed by atoms with Crippen LogP contribution in [0.2, 0.25) is 0 Å². The molecular weight excluding hydrogens is 296 g/mol. The van der Waals surface area contributed by atoms with Crippen LogP contribution in [0.15, 0.2) is 24.3 Å². The smallest absolute Gasteiger partial charge is 0.347 e. The number of halogens is 2. The minimum absolute atomic E-state index is 0.0650. The van der Waals surface area contributed by atoms with Gasteiger partial charge in [-0.1, -0.05) is 45.0 Å². The number of benzene rings is 1. The van der Waals surface area contributed by atoms with Gasteiger partial charge in [-0.25, -0.2) is 18.6 Å². The monoisotopic (exact) mass is 311 g/mol. The number of hydrogen-bond donors (Lipinski definition) is 1. The highest BCUT2D eigenvalue weighted by Gasteiger charge is 2.27. The molecule has 1 heterocycles. The minimum Gasteiger partial charge on any atom is -0.477 e. The Hall–Kier alpha value is -1.82. The molecule has 1 N–H and O–H groups in total. The van der Waals surface area contributed by atoms with Gasteiger partial charge in [0.05, 0.1) is 5.69 Å². The Balaban J connectivity index is 2.47. The second kappa shape index (κ2) is 5.52. The summed E-state index contributed by atoms with van der Waals surface area (Å²) in [6.07, 6.45) is -2.52. The topological polar surface area (TPSA) is 50.2 Å². The Labute approximate surface area is 125 Å². The first-order chi connectivity index (χ1) is 9.70. The van der Waals surface area contributed by atoms with Crippen LogP contribution in [0.4, 0.5) is 8.78 Å². The van der Waals surface area contributed by atoms with Crippen LogP contribution in [-0.2, 0) is 5.41 Å². The average molecular weight is 311 g/mol. The average Bonchev–Trinajstić information content (AvgIpc) is 2.84. The van der Waals surface area contributed by atoms with Crippen molar-refractivity contribution in [1.29, 1.82) is 0 Å². The van der Waals surface area contributed by atoms with Gasteiger partial charge in [-0.15, -0.1) is 11.3 Å². The molecular formula is C15H15F2NO2S. The van der Waals surface area contributed by atoms with E-state index < -0.39 is 17.8 Å². The number of carbonyl (C=O) groups is 1. The van der Waals surface area contributed by atoms with Crippen molar-refractivity contribution in [2.24, 2.45) is 0 Å². The van der Waals surface area contributed by atoms with Crippen LogP contribution in [0.3, 0.4) is 0 Å². The molecule has 0 radical (unpaired) electrons. The van der Waals surface area contributed by atoms with Gasteiger partial charge < -0.3 is 5.11 Å². The maximum atomic E-state index is 12.5. The zero-order valence-corrected chi connectivity index (χ0v) is 12.7. The van der Waals surface area contributed by atoms with Gasteiger partial charge in [0.25, 0.3) is 6.43 Å². The molecule has 0 spiro atoms. The van der Waals surface area contributed by atoms with Gasteiger partial charge in [0.15, 0.2) is 0 Å². The van der Waals surface area contributed by atoms with Gasteiger partial charge in [-0.2, -0.15) is 0 Å². The second-order valence-electron chi connectivity index (χ2n) is 5.67. The van der Waals surface area contributed by atoms with E-state index in [4.69, 9.17) is 0 Å². The summed E-state index contributed by atoms with van der Waals surface area (Å²) in [6.45, 7) is 5.66. The summed E-state index contributed by atoms with van der Waals surface area (Å²) >= 11 is 1.06. The summed E-state index contributed by atoms with van der Waals surface area (Å²) in [5.74, 6) is -1.02. The molecule has 0 saturated carbocycles. The molecule has 0 aliphatic heterocycles. The molecule has 6 heteroatoms. The molecule has 21 heavy (non-hydrogen) atoms. The Morgan fingerprint density at radius 1 is 1.24 bits per heavy atom. The summed E-state index contributed by atoms with van der Waals surface area (Å²) in [4.78, 5) is 15.9. The van der Waals surface area contributed by atoms with E-state index in [-0.39, 0.29) is 10.4 Å². The van der Waals surface area contributed by atoms with Crippen molar-refractivity contribution in [2.45, 2.75) is 32.6 Å². The molecule has 0 bridgehead atoms. The van der Waals surface area contributed by atoms with Gasteiger partial charge in [0.1, 0.15) is 9.88 Å². The number of carboxylic acid groups (broad SMARTS) is 1. The molecule has 2 aromatic rings. The minimum atomic E-state index is -2.52. The third-order valence-corrected chi connectivity index (χ3v) is 4.03. The maximum Gasteiger partial charge on any atom is 0.347 e. The first kappa shape index (κ1) is 15.6. The van der Waals surface area contributed by atoms with Crippen LogP contribution in [0, 0.1) is 0 Å². The van der Waals surface area contributed by atoms with Crippen molar-refractivity contribution < 1.29 is 18.7 Å². The van der Waals surface area contributed by atoms with E-state index in [9.17, 15) is 18.7 Å². The van der Waals surface area contributed by atoms with Crippen LogP contribution in [0.5, 0.6) is 0 Å². The third kappa shape index (κ3) is 3.26. The van der Waals surface area contributed by atoms with Gasteiger partial charge in [0, 0.05) is 16.5 Å². The van der Waals surface area contributed by atoms with Crippen LogP contribution in [-0.4, -0.2) is 16.1 Å². The van der Waals surface area contributed by atoms with Crippen molar-refractivity contribution >= 4 is 17.3 Å². The van der Waals surface area contributed by atoms with Crippen molar-refractivity contribution in [3.63, 3.8) is 0 Å². The molecule has 0 saturated heterocycles. The summed E-state index contributed by atoms with van der Waals surface area (Å²) in [5.41, 5.74) is 0.686. The van der Waals surface area contributed by atoms with E-state index in [1.807, 2.05) is 20.8 Å². The molecule has 0 aliphatic rings. The SMILES string of the molecule is CC(C)(C)c1nc(-c2ccc(C(F)F)cc2)sc1C(=O)O. The summed E-state index contributed by atoms with van der Waals surface area (Å²) in [5, 5.41) is 9.80. The lowest BCUT2D eigenvalue weighted by atomic mass is 9.91. The van der Waals surface area contributed by atoms with E-state index >= 15 is 0 Å². The molecule has 112 valence electrons. The van der Waals surface area contributed by atoms with E-state index in [0.29, 0.717) is 16.3 Å². The number of thiazole rings is 1. The van der Waals surface area contributed by atoms with Crippen molar-refractivity contribution in [1.82, 2.24) is 4.98 Å². The van der Waals surface area contributed by atoms with Gasteiger partial charge in [0.2, 0.25) is 0 Å². The summed E-state index contributed by atoms with van der Waals surface area (Å²) in [7, 11) is 0. The highest BCUT2D eigenvalue weighted by molar-refractivity contribution is 7.17. The molecule has 0 fully saturated rings. The largest absolute Gasteiger partial charge is 0.477 e. The maximum absolute atomic E-state index is 12.5. The highest BCUT2D eigenvalue weighted by Crippen LogP contribution is 2.35. The fraction of sp³-hybridized carbons (Fsp3) is 0.333. The Morgan fingerprint density at radius 2 is 1.81 bits per heavy atom. The van der Waals surface area contributed by atoms with Crippen molar-refractivity contribution in [3.05, 3.63) is 40.4 Å². The number of hydrogen-bond acceptors (Lipinski definition) is 3. The van der Waals surface area contributed by atoms with E-state index in [0.717, 1.165) is 11.3 Å². The molecule has 2 rings (SSSR count). The number of aromatic nitrogens is 1. The first-order valence-corrected chi connectivity index (χ1v) is 7.15. The standard InChI is InChI=1S/C15H15F2NO2S/c1-15(2,3)11-10(14(19)20)21-13(18-11)9-6-4-8(5-7-9)12(16)17/h4-7,12H,1-3H3,(H,19,20). The second-order valence-corrected chi connectivity index (χ2v) is 6.67. The molecule has 3 nitrogen and oxygen atoms in total. The quantitative estimate of drug-likeness (QED) is 0.890. The van der Waals surface area contributed by atoms with E-state index in [2.05, 4.69) is 4.98 Å². The van der Waals surface area contributed by atoms with E-state index in [1.165, 1.54) is 12.1 Å². The lowest BCUT2D eigenvalue weighted by molar-refractivity contribution is 0.0699. The Morgan fingerprint density at radius 3 is 2.19 bits per heavy atom. The number of rotatable bonds is 3. The van der Waals surface area contributed by atoms with Crippen molar-refractivity contribution in [3.8, 4) is 10.6 Å². The Bertz CT molecular complexity index is 657. The fourth-order valence-electron chi connectivity index (χ4n) is 1.87. The number of aromatic carboxylic acids is 1. The summed E-state index contributed by atoms with van der Waals surface area (Å²) < 4.78 is 25.1. The normalized spacial score (nSPS) is 11.9. The number of carboxylic acids is 1. The highest BCUT2D eigenvalue weighted by atomic mass is 32.1. The van der Waals surface area contributed by atoms with Crippen LogP contribution >= 0.6 is 11.3 Å². The van der Waals surface area contributed by atoms with Crippen LogP contribution < -0.4 is 0 Å². The van der Waals surface area contributed by atoms with Crippen molar-refractivity contribution in [2.75, 3.05) is 0 Å². The van der Waals surface area contributed by atoms with Gasteiger partial charge in [-0.05, 0) is 0 Å². The first-order valence-electron chi connectivity index (χ1n) is 6.33. The lowest BCUT2D eigenvalue weighted by Crippen LogP contribution is -2.16. The predicted molar refractivity (Wildman–Crippen MR) is 78.2 cm³/mol. The lowest BCUT2D eigenvalue weighted by Gasteiger charge is -2.16.